The monoisotopic (exact) mass is 293 g/mol. The van der Waals surface area contributed by atoms with Gasteiger partial charge in [-0.25, -0.2) is 0 Å². The van der Waals surface area contributed by atoms with Crippen LogP contribution in [-0.4, -0.2) is 4.98 Å². The van der Waals surface area contributed by atoms with Gasteiger partial charge in [0.1, 0.15) is 0 Å². The molecule has 2 aromatic carbocycles. The summed E-state index contributed by atoms with van der Waals surface area (Å²) in [6.07, 6.45) is 1.15. The van der Waals surface area contributed by atoms with E-state index in [-0.39, 0.29) is 10.8 Å². The van der Waals surface area contributed by atoms with Gasteiger partial charge in [0, 0.05) is 21.8 Å². The summed E-state index contributed by atoms with van der Waals surface area (Å²) in [5, 5.41) is 2.65. The van der Waals surface area contributed by atoms with Gasteiger partial charge in [-0.3, -0.25) is 0 Å². The minimum Gasteiger partial charge on any atom is -0.354 e. The van der Waals surface area contributed by atoms with Gasteiger partial charge >= 0.3 is 0 Å². The Bertz CT molecular complexity index is 828. The molecule has 0 spiro atoms. The Hall–Kier alpha value is -1.76. The van der Waals surface area contributed by atoms with Crippen LogP contribution >= 0.6 is 0 Å². The first kappa shape index (κ1) is 15.1. The highest BCUT2D eigenvalue weighted by molar-refractivity contribution is 6.07. The van der Waals surface area contributed by atoms with Crippen LogP contribution in [0.3, 0.4) is 0 Å². The summed E-state index contributed by atoms with van der Waals surface area (Å²) < 4.78 is 0. The Balaban J connectivity index is 2.21. The van der Waals surface area contributed by atoms with E-state index in [1.54, 1.807) is 0 Å². The Labute approximate surface area is 133 Å². The van der Waals surface area contributed by atoms with E-state index in [1.807, 2.05) is 0 Å². The molecule has 0 saturated heterocycles. The van der Waals surface area contributed by atoms with Crippen LogP contribution in [0.25, 0.3) is 21.8 Å². The number of benzene rings is 2. The van der Waals surface area contributed by atoms with E-state index >= 15 is 0 Å². The molecule has 0 fully saturated rings. The highest BCUT2D eigenvalue weighted by atomic mass is 14.7. The number of aromatic amines is 1. The average molecular weight is 293 g/mol. The van der Waals surface area contributed by atoms with Crippen LogP contribution in [-0.2, 0) is 10.8 Å². The molecule has 0 amide bonds. The lowest BCUT2D eigenvalue weighted by molar-refractivity contribution is 0.507. The van der Waals surface area contributed by atoms with Crippen LogP contribution in [0.5, 0.6) is 0 Å². The smallest absolute Gasteiger partial charge is 0.0467 e. The summed E-state index contributed by atoms with van der Waals surface area (Å²) in [7, 11) is 0. The number of aromatic nitrogens is 1. The van der Waals surface area contributed by atoms with Crippen molar-refractivity contribution in [1.29, 1.82) is 0 Å². The molecule has 0 radical (unpaired) electrons. The first-order valence-electron chi connectivity index (χ1n) is 8.29. The zero-order valence-corrected chi connectivity index (χ0v) is 14.7. The van der Waals surface area contributed by atoms with E-state index in [4.69, 9.17) is 0 Å². The van der Waals surface area contributed by atoms with Crippen molar-refractivity contribution in [2.45, 2.75) is 58.8 Å². The van der Waals surface area contributed by atoms with Crippen molar-refractivity contribution >= 4 is 21.8 Å². The molecular formula is C21H27N. The van der Waals surface area contributed by atoms with Crippen LogP contribution in [0, 0.1) is 0 Å². The van der Waals surface area contributed by atoms with Crippen LogP contribution in [0.15, 0.2) is 36.4 Å². The molecule has 116 valence electrons. The van der Waals surface area contributed by atoms with Crippen LogP contribution in [0.2, 0.25) is 0 Å². The Morgan fingerprint density at radius 1 is 0.773 bits per heavy atom. The number of nitrogens with one attached hydrogen (secondary N) is 1. The van der Waals surface area contributed by atoms with Crippen LogP contribution < -0.4 is 0 Å². The van der Waals surface area contributed by atoms with Gasteiger partial charge in [-0.05, 0) is 40.5 Å². The summed E-state index contributed by atoms with van der Waals surface area (Å²) in [5.41, 5.74) is 5.68. The predicted molar refractivity (Wildman–Crippen MR) is 97.8 cm³/mol. The topological polar surface area (TPSA) is 15.8 Å². The Morgan fingerprint density at radius 3 is 1.77 bits per heavy atom. The number of H-pyrrole nitrogens is 1. The highest BCUT2D eigenvalue weighted by Gasteiger charge is 2.19. The molecule has 3 rings (SSSR count). The molecule has 0 unspecified atom stereocenters. The minimum atomic E-state index is 0.181. The molecule has 0 bridgehead atoms. The molecule has 1 aromatic heterocycles. The van der Waals surface area contributed by atoms with Gasteiger partial charge in [0.2, 0.25) is 0 Å². The molecule has 1 heterocycles. The zero-order chi connectivity index (χ0) is 16.1. The van der Waals surface area contributed by atoms with Crippen molar-refractivity contribution in [3.63, 3.8) is 0 Å². The average Bonchev–Trinajstić information content (AvgIpc) is 2.82. The van der Waals surface area contributed by atoms with Crippen molar-refractivity contribution in [1.82, 2.24) is 4.98 Å². The van der Waals surface area contributed by atoms with Crippen LogP contribution in [0.4, 0.5) is 0 Å². The van der Waals surface area contributed by atoms with E-state index < -0.39 is 0 Å². The zero-order valence-electron chi connectivity index (χ0n) is 14.7. The van der Waals surface area contributed by atoms with Crippen LogP contribution in [0.1, 0.15) is 59.1 Å². The molecule has 0 aliphatic carbocycles. The van der Waals surface area contributed by atoms with Crippen molar-refractivity contribution in [3.05, 3.63) is 47.5 Å². The van der Waals surface area contributed by atoms with E-state index in [1.165, 1.54) is 32.9 Å². The molecular weight excluding hydrogens is 266 g/mol. The second-order valence-electron chi connectivity index (χ2n) is 8.13. The lowest BCUT2D eigenvalue weighted by Gasteiger charge is -2.23. The summed E-state index contributed by atoms with van der Waals surface area (Å²) in [6.45, 7) is 13.7. The molecule has 0 saturated carbocycles. The minimum absolute atomic E-state index is 0.181. The summed E-state index contributed by atoms with van der Waals surface area (Å²) in [4.78, 5) is 3.63. The van der Waals surface area contributed by atoms with Crippen molar-refractivity contribution < 1.29 is 0 Å². The van der Waals surface area contributed by atoms with Crippen molar-refractivity contribution in [3.8, 4) is 0 Å². The first-order chi connectivity index (χ1) is 10.2. The number of rotatable bonds is 2. The summed E-state index contributed by atoms with van der Waals surface area (Å²) >= 11 is 0. The van der Waals surface area contributed by atoms with E-state index in [0.717, 1.165) is 6.42 Å². The van der Waals surface area contributed by atoms with Crippen molar-refractivity contribution in [2.24, 2.45) is 0 Å². The standard InChI is InChI=1S/C21H27N/c1-7-21(5,6)15-9-11-17-16-10-8-14(20(2,3)4)12-18(16)22-19(17)13-15/h8-13,22H,7H2,1-6H3. The maximum absolute atomic E-state index is 3.63. The fraction of sp³-hybridized carbons (Fsp3) is 0.429. The first-order valence-corrected chi connectivity index (χ1v) is 8.29. The SMILES string of the molecule is CCC(C)(C)c1ccc2c(c1)[nH]c1cc(C(C)(C)C)ccc12. The second-order valence-corrected chi connectivity index (χ2v) is 8.13. The maximum atomic E-state index is 3.63. The Kier molecular flexibility index (Phi) is 3.36. The molecule has 3 aromatic rings. The number of hydrogen-bond donors (Lipinski definition) is 1. The quantitative estimate of drug-likeness (QED) is 0.570. The van der Waals surface area contributed by atoms with Gasteiger partial charge in [0.25, 0.3) is 0 Å². The van der Waals surface area contributed by atoms with E-state index in [2.05, 4.69) is 82.9 Å². The van der Waals surface area contributed by atoms with E-state index in [0.29, 0.717) is 0 Å². The summed E-state index contributed by atoms with van der Waals surface area (Å²) in [5.74, 6) is 0. The van der Waals surface area contributed by atoms with Gasteiger partial charge in [-0.1, -0.05) is 65.8 Å². The van der Waals surface area contributed by atoms with Gasteiger partial charge in [0.05, 0.1) is 0 Å². The molecule has 1 heteroatoms. The third-order valence-corrected chi connectivity index (χ3v) is 5.13. The van der Waals surface area contributed by atoms with Gasteiger partial charge in [0.15, 0.2) is 0 Å². The van der Waals surface area contributed by atoms with E-state index in [9.17, 15) is 0 Å². The lowest BCUT2D eigenvalue weighted by atomic mass is 9.82. The Morgan fingerprint density at radius 2 is 1.27 bits per heavy atom. The highest BCUT2D eigenvalue weighted by Crippen LogP contribution is 2.34. The largest absolute Gasteiger partial charge is 0.354 e. The molecule has 22 heavy (non-hydrogen) atoms. The van der Waals surface area contributed by atoms with Gasteiger partial charge in [-0.15, -0.1) is 0 Å². The fourth-order valence-corrected chi connectivity index (χ4v) is 3.00. The molecule has 0 aliphatic rings. The molecule has 1 nitrogen and oxygen atoms in total. The molecule has 0 atom stereocenters. The van der Waals surface area contributed by atoms with Gasteiger partial charge < -0.3 is 4.98 Å². The number of hydrogen-bond acceptors (Lipinski definition) is 0. The normalized spacial score (nSPS) is 13.2. The third-order valence-electron chi connectivity index (χ3n) is 5.13. The fourth-order valence-electron chi connectivity index (χ4n) is 3.00. The lowest BCUT2D eigenvalue weighted by Crippen LogP contribution is -2.14. The summed E-state index contributed by atoms with van der Waals surface area (Å²) in [6, 6.07) is 13.7. The molecule has 0 aliphatic heterocycles. The second kappa shape index (κ2) is 4.87. The third kappa shape index (κ3) is 2.43. The molecule has 1 N–H and O–H groups in total. The van der Waals surface area contributed by atoms with Gasteiger partial charge in [-0.2, -0.15) is 0 Å². The van der Waals surface area contributed by atoms with Crippen molar-refractivity contribution in [2.75, 3.05) is 0 Å². The number of fused-ring (bicyclic) bond motifs is 3. The predicted octanol–water partition coefficient (Wildman–Crippen LogP) is 6.31. The maximum Gasteiger partial charge on any atom is 0.0467 e.